The van der Waals surface area contributed by atoms with Gasteiger partial charge in [0.25, 0.3) is 0 Å². The first-order chi connectivity index (χ1) is 6.77. The maximum atomic E-state index is 11.6. The third-order valence-corrected chi connectivity index (χ3v) is 3.32. The number of carbonyl (C=O) groups is 1. The highest BCUT2D eigenvalue weighted by Crippen LogP contribution is 2.31. The van der Waals surface area contributed by atoms with Gasteiger partial charge >= 0.3 is 0 Å². The van der Waals surface area contributed by atoms with Crippen LogP contribution in [0.2, 0.25) is 0 Å². The van der Waals surface area contributed by atoms with Crippen molar-refractivity contribution in [2.75, 3.05) is 0 Å². The topological polar surface area (TPSA) is 17.1 Å². The third kappa shape index (κ3) is 3.18. The molecule has 1 aliphatic carbocycles. The van der Waals surface area contributed by atoms with Crippen molar-refractivity contribution in [1.82, 2.24) is 0 Å². The molecular formula is C13H20O. The van der Waals surface area contributed by atoms with E-state index in [0.29, 0.717) is 18.1 Å². The van der Waals surface area contributed by atoms with Crippen LogP contribution in [0.1, 0.15) is 52.4 Å². The summed E-state index contributed by atoms with van der Waals surface area (Å²) < 4.78 is 0. The van der Waals surface area contributed by atoms with Crippen molar-refractivity contribution in [3.63, 3.8) is 0 Å². The molecule has 0 heterocycles. The molecule has 0 bridgehead atoms. The van der Waals surface area contributed by atoms with E-state index >= 15 is 0 Å². The average Bonchev–Trinajstić information content (AvgIpc) is 2.26. The van der Waals surface area contributed by atoms with Crippen molar-refractivity contribution in [1.29, 1.82) is 0 Å². The molecule has 0 N–H and O–H groups in total. The average molecular weight is 192 g/mol. The summed E-state index contributed by atoms with van der Waals surface area (Å²) in [4.78, 5) is 11.6. The van der Waals surface area contributed by atoms with Crippen LogP contribution in [0, 0.1) is 23.7 Å². The van der Waals surface area contributed by atoms with E-state index in [1.54, 1.807) is 6.92 Å². The molecule has 78 valence electrons. The molecule has 0 aromatic heterocycles. The Bertz CT molecular complexity index is 236. The van der Waals surface area contributed by atoms with E-state index in [9.17, 15) is 4.79 Å². The number of hydrogen-bond donors (Lipinski definition) is 0. The molecule has 1 heteroatoms. The Morgan fingerprint density at radius 3 is 2.43 bits per heavy atom. The fourth-order valence-electron chi connectivity index (χ4n) is 2.21. The Balaban J connectivity index is 2.32. The van der Waals surface area contributed by atoms with Gasteiger partial charge in [0.05, 0.1) is 6.42 Å². The van der Waals surface area contributed by atoms with Gasteiger partial charge in [0.15, 0.2) is 0 Å². The lowest BCUT2D eigenvalue weighted by molar-refractivity contribution is -0.123. The van der Waals surface area contributed by atoms with Gasteiger partial charge in [0.2, 0.25) is 0 Å². The standard InChI is InChI=1S/C13H20O/c1-3-5-6-13(14)12-9-7-11(4-2)8-10-12/h11-12H,4,6-10H2,1-2H3. The molecule has 0 aromatic carbocycles. The molecule has 0 aliphatic heterocycles. The van der Waals surface area contributed by atoms with Gasteiger partial charge in [0, 0.05) is 5.92 Å². The monoisotopic (exact) mass is 192 g/mol. The third-order valence-electron chi connectivity index (χ3n) is 3.32. The molecule has 1 fully saturated rings. The van der Waals surface area contributed by atoms with Crippen LogP contribution in [0.25, 0.3) is 0 Å². The molecule has 0 saturated heterocycles. The predicted octanol–water partition coefficient (Wildman–Crippen LogP) is 3.19. The molecule has 14 heavy (non-hydrogen) atoms. The Morgan fingerprint density at radius 1 is 1.29 bits per heavy atom. The smallest absolute Gasteiger partial charge is 0.147 e. The highest BCUT2D eigenvalue weighted by atomic mass is 16.1. The van der Waals surface area contributed by atoms with E-state index in [1.165, 1.54) is 19.3 Å². The highest BCUT2D eigenvalue weighted by molar-refractivity contribution is 5.83. The normalized spacial score (nSPS) is 26.4. The molecule has 0 amide bonds. The number of carbonyl (C=O) groups excluding carboxylic acids is 1. The van der Waals surface area contributed by atoms with Crippen LogP contribution in [0.4, 0.5) is 0 Å². The first-order valence-electron chi connectivity index (χ1n) is 5.70. The second-order valence-electron chi connectivity index (χ2n) is 4.20. The van der Waals surface area contributed by atoms with Crippen molar-refractivity contribution in [3.05, 3.63) is 0 Å². The van der Waals surface area contributed by atoms with Crippen LogP contribution in [-0.4, -0.2) is 5.78 Å². The van der Waals surface area contributed by atoms with E-state index in [4.69, 9.17) is 0 Å². The van der Waals surface area contributed by atoms with Gasteiger partial charge in [-0.1, -0.05) is 19.3 Å². The number of hydrogen-bond acceptors (Lipinski definition) is 1. The summed E-state index contributed by atoms with van der Waals surface area (Å²) in [7, 11) is 0. The van der Waals surface area contributed by atoms with E-state index in [1.807, 2.05) is 0 Å². The van der Waals surface area contributed by atoms with Crippen LogP contribution >= 0.6 is 0 Å². The first-order valence-corrected chi connectivity index (χ1v) is 5.70. The van der Waals surface area contributed by atoms with E-state index in [0.717, 1.165) is 18.8 Å². The maximum Gasteiger partial charge on any atom is 0.147 e. The molecule has 0 spiro atoms. The summed E-state index contributed by atoms with van der Waals surface area (Å²) in [5.41, 5.74) is 0. The van der Waals surface area contributed by atoms with E-state index < -0.39 is 0 Å². The summed E-state index contributed by atoms with van der Waals surface area (Å²) >= 11 is 0. The Morgan fingerprint density at radius 2 is 1.93 bits per heavy atom. The molecule has 1 nitrogen and oxygen atoms in total. The van der Waals surface area contributed by atoms with Gasteiger partial charge < -0.3 is 0 Å². The summed E-state index contributed by atoms with van der Waals surface area (Å²) in [6.45, 7) is 4.04. The first kappa shape index (κ1) is 11.3. The molecule has 1 aliphatic rings. The highest BCUT2D eigenvalue weighted by Gasteiger charge is 2.24. The SMILES string of the molecule is CC#CCC(=O)C1CCC(CC)CC1. The Labute approximate surface area is 87.3 Å². The van der Waals surface area contributed by atoms with E-state index in [2.05, 4.69) is 18.8 Å². The van der Waals surface area contributed by atoms with Crippen LogP contribution in [0.3, 0.4) is 0 Å². The van der Waals surface area contributed by atoms with Gasteiger partial charge in [-0.3, -0.25) is 4.79 Å². The minimum atomic E-state index is 0.318. The van der Waals surface area contributed by atoms with Gasteiger partial charge in [-0.25, -0.2) is 0 Å². The summed E-state index contributed by atoms with van der Waals surface area (Å²) in [5.74, 6) is 7.22. The quantitative estimate of drug-likeness (QED) is 0.628. The fourth-order valence-corrected chi connectivity index (χ4v) is 2.21. The minimum absolute atomic E-state index is 0.318. The zero-order valence-electron chi connectivity index (χ0n) is 9.31. The summed E-state index contributed by atoms with van der Waals surface area (Å²) in [6.07, 6.45) is 6.43. The Kier molecular flexibility index (Phi) is 4.73. The zero-order valence-corrected chi connectivity index (χ0v) is 9.31. The number of rotatable bonds is 3. The number of ketones is 1. The van der Waals surface area contributed by atoms with Gasteiger partial charge in [-0.15, -0.1) is 5.92 Å². The summed E-state index contributed by atoms with van der Waals surface area (Å²) in [6, 6.07) is 0. The minimum Gasteiger partial charge on any atom is -0.298 e. The van der Waals surface area contributed by atoms with E-state index in [-0.39, 0.29) is 0 Å². The molecule has 0 atom stereocenters. The zero-order chi connectivity index (χ0) is 10.4. The second kappa shape index (κ2) is 5.86. The molecular weight excluding hydrogens is 172 g/mol. The van der Waals surface area contributed by atoms with Gasteiger partial charge in [-0.2, -0.15) is 0 Å². The van der Waals surface area contributed by atoms with Crippen molar-refractivity contribution < 1.29 is 4.79 Å². The van der Waals surface area contributed by atoms with Crippen LogP contribution in [0.15, 0.2) is 0 Å². The van der Waals surface area contributed by atoms with Gasteiger partial charge in [-0.05, 0) is 38.5 Å². The van der Waals surface area contributed by atoms with Crippen molar-refractivity contribution >= 4 is 5.78 Å². The lowest BCUT2D eigenvalue weighted by atomic mass is 9.78. The Hall–Kier alpha value is -0.770. The van der Waals surface area contributed by atoms with Crippen LogP contribution in [-0.2, 0) is 4.79 Å². The molecule has 0 aromatic rings. The van der Waals surface area contributed by atoms with Crippen LogP contribution < -0.4 is 0 Å². The molecule has 0 radical (unpaired) electrons. The number of Topliss-reactive ketones (excluding diaryl/α,β-unsaturated/α-hetero) is 1. The van der Waals surface area contributed by atoms with Crippen LogP contribution in [0.5, 0.6) is 0 Å². The lowest BCUT2D eigenvalue weighted by Gasteiger charge is -2.26. The lowest BCUT2D eigenvalue weighted by Crippen LogP contribution is -2.21. The maximum absolute atomic E-state index is 11.6. The summed E-state index contributed by atoms with van der Waals surface area (Å²) in [5, 5.41) is 0. The molecule has 1 saturated carbocycles. The molecule has 0 unspecified atom stereocenters. The fraction of sp³-hybridized carbons (Fsp3) is 0.769. The predicted molar refractivity (Wildman–Crippen MR) is 58.8 cm³/mol. The van der Waals surface area contributed by atoms with Gasteiger partial charge in [0.1, 0.15) is 5.78 Å². The molecule has 1 rings (SSSR count). The van der Waals surface area contributed by atoms with Crippen molar-refractivity contribution in [2.24, 2.45) is 11.8 Å². The van der Waals surface area contributed by atoms with Crippen molar-refractivity contribution in [2.45, 2.75) is 52.4 Å². The van der Waals surface area contributed by atoms with Crippen molar-refractivity contribution in [3.8, 4) is 11.8 Å². The second-order valence-corrected chi connectivity index (χ2v) is 4.20. The largest absolute Gasteiger partial charge is 0.298 e.